The lowest BCUT2D eigenvalue weighted by atomic mass is 9.92. The van der Waals surface area contributed by atoms with E-state index in [1.165, 1.54) is 23.1 Å². The van der Waals surface area contributed by atoms with Crippen LogP contribution in [0.2, 0.25) is 5.02 Å². The van der Waals surface area contributed by atoms with E-state index in [1.807, 2.05) is 13.0 Å². The van der Waals surface area contributed by atoms with Crippen molar-refractivity contribution >= 4 is 29.2 Å². The first-order valence-corrected chi connectivity index (χ1v) is 10.3. The zero-order chi connectivity index (χ0) is 21.8. The number of carbonyl (C=O) groups is 3. The molecule has 0 aromatic heterocycles. The van der Waals surface area contributed by atoms with Gasteiger partial charge in [-0.15, -0.1) is 0 Å². The molecule has 9 heteroatoms. The molecule has 1 fully saturated rings. The Morgan fingerprint density at radius 2 is 2.13 bits per heavy atom. The van der Waals surface area contributed by atoms with Gasteiger partial charge in [0.25, 0.3) is 0 Å². The highest BCUT2D eigenvalue weighted by molar-refractivity contribution is 6.35. The van der Waals surface area contributed by atoms with Crippen LogP contribution in [0.4, 0.5) is 4.39 Å². The maximum atomic E-state index is 13.3. The topological polar surface area (TPSA) is 91.2 Å². The molecule has 2 heterocycles. The second kappa shape index (κ2) is 9.47. The molecular weight excluding hydrogens is 411 g/mol. The second-order valence-corrected chi connectivity index (χ2v) is 7.92. The molecule has 1 saturated heterocycles. The highest BCUT2D eigenvalue weighted by Crippen LogP contribution is 2.27. The summed E-state index contributed by atoms with van der Waals surface area (Å²) < 4.78 is 13.3. The molecule has 1 N–H and O–H groups in total. The number of ketones is 1. The number of benzene rings is 1. The van der Waals surface area contributed by atoms with E-state index in [2.05, 4.69) is 15.5 Å². The minimum atomic E-state index is -0.713. The predicted octanol–water partition coefficient (Wildman–Crippen LogP) is 3.07. The van der Waals surface area contributed by atoms with Crippen molar-refractivity contribution in [1.82, 2.24) is 10.2 Å². The van der Waals surface area contributed by atoms with Crippen LogP contribution in [0.25, 0.3) is 0 Å². The lowest BCUT2D eigenvalue weighted by Gasteiger charge is -2.25. The third-order valence-corrected chi connectivity index (χ3v) is 5.91. The Morgan fingerprint density at radius 3 is 2.77 bits per heavy atom. The van der Waals surface area contributed by atoms with Crippen LogP contribution in [0.5, 0.6) is 0 Å². The number of amides is 2. The van der Waals surface area contributed by atoms with E-state index in [0.29, 0.717) is 37.2 Å². The average Bonchev–Trinajstić information content (AvgIpc) is 3.38. The van der Waals surface area contributed by atoms with Gasteiger partial charge in [0.15, 0.2) is 0 Å². The van der Waals surface area contributed by atoms with Gasteiger partial charge in [-0.1, -0.05) is 24.6 Å². The van der Waals surface area contributed by atoms with Crippen molar-refractivity contribution in [3.63, 3.8) is 0 Å². The van der Waals surface area contributed by atoms with Crippen LogP contribution in [0, 0.1) is 11.7 Å². The lowest BCUT2D eigenvalue weighted by molar-refractivity contribution is -0.147. The van der Waals surface area contributed by atoms with Gasteiger partial charge in [0, 0.05) is 24.9 Å². The fraction of sp³-hybridized carbons (Fsp3) is 0.476. The number of rotatable bonds is 6. The summed E-state index contributed by atoms with van der Waals surface area (Å²) in [6.07, 6.45) is 2.97. The zero-order valence-electron chi connectivity index (χ0n) is 16.9. The minimum absolute atomic E-state index is 0.0318. The number of hydrogen-bond donors (Lipinski definition) is 1. The largest absolute Gasteiger partial charge is 0.339 e. The Morgan fingerprint density at radius 1 is 1.37 bits per heavy atom. The van der Waals surface area contributed by atoms with E-state index in [0.717, 1.165) is 0 Å². The number of hydrogen-bond acceptors (Lipinski definition) is 5. The molecule has 0 bridgehead atoms. The monoisotopic (exact) mass is 434 g/mol. The number of Topliss-reactive ketones (excluding diaryl/α,β-unsaturated/α-hetero) is 1. The summed E-state index contributed by atoms with van der Waals surface area (Å²) in [5.74, 6) is -2.36. The Bertz CT molecular complexity index is 918. The first kappa shape index (κ1) is 22.1. The number of halogens is 2. The smallest absolute Gasteiger partial charge is 0.312 e. The van der Waals surface area contributed by atoms with Crippen LogP contribution in [-0.4, -0.2) is 47.7 Å². The van der Waals surface area contributed by atoms with Crippen molar-refractivity contribution in [2.24, 2.45) is 16.1 Å². The van der Waals surface area contributed by atoms with Crippen molar-refractivity contribution in [2.45, 2.75) is 45.2 Å². The molecular formula is C21H24ClFN4O3. The van der Waals surface area contributed by atoms with Crippen molar-refractivity contribution in [3.05, 3.63) is 46.4 Å². The van der Waals surface area contributed by atoms with Gasteiger partial charge in [-0.2, -0.15) is 10.2 Å². The van der Waals surface area contributed by atoms with E-state index >= 15 is 0 Å². The third-order valence-electron chi connectivity index (χ3n) is 5.62. The quantitative estimate of drug-likeness (QED) is 0.697. The Hall–Kier alpha value is -2.61. The third kappa shape index (κ3) is 4.75. The van der Waals surface area contributed by atoms with Crippen molar-refractivity contribution < 1.29 is 18.8 Å². The average molecular weight is 435 g/mol. The van der Waals surface area contributed by atoms with Gasteiger partial charge in [0.05, 0.1) is 23.3 Å². The van der Waals surface area contributed by atoms with E-state index in [9.17, 15) is 18.8 Å². The molecule has 3 atom stereocenters. The molecule has 0 unspecified atom stereocenters. The standard InChI is InChI=1S/C21H24ClFN4O3/c1-3-17(18-6-8-24-26-18)25-20(29)21(30)27-9-7-14(12(27)2)19(28)11-13-4-5-16(23)15(22)10-13/h4-6,10,12,14,17H,3,7-9,11H2,1-2H3,(H,25,29)/t12-,14-,17+/m0/s1. The van der Waals surface area contributed by atoms with Gasteiger partial charge in [-0.25, -0.2) is 4.39 Å². The summed E-state index contributed by atoms with van der Waals surface area (Å²) >= 11 is 5.79. The molecule has 0 aliphatic carbocycles. The normalized spacial score (nSPS) is 21.5. The fourth-order valence-electron chi connectivity index (χ4n) is 3.88. The van der Waals surface area contributed by atoms with Gasteiger partial charge >= 0.3 is 11.8 Å². The SMILES string of the molecule is CC[C@@H](NC(=O)C(=O)N1CC[C@H](C(=O)Cc2ccc(F)c(Cl)c2)[C@@H]1C)C1=CCN=N1. The van der Waals surface area contributed by atoms with Crippen molar-refractivity contribution in [1.29, 1.82) is 0 Å². The van der Waals surface area contributed by atoms with Crippen LogP contribution >= 0.6 is 11.6 Å². The molecule has 0 spiro atoms. The molecule has 0 radical (unpaired) electrons. The van der Waals surface area contributed by atoms with Crippen LogP contribution in [0.15, 0.2) is 40.2 Å². The first-order valence-electron chi connectivity index (χ1n) is 9.97. The molecule has 30 heavy (non-hydrogen) atoms. The molecule has 160 valence electrons. The molecule has 1 aromatic carbocycles. The van der Waals surface area contributed by atoms with Crippen LogP contribution < -0.4 is 5.32 Å². The maximum Gasteiger partial charge on any atom is 0.312 e. The summed E-state index contributed by atoms with van der Waals surface area (Å²) in [6.45, 7) is 4.46. The van der Waals surface area contributed by atoms with Gasteiger partial charge in [-0.3, -0.25) is 14.4 Å². The fourth-order valence-corrected chi connectivity index (χ4v) is 4.09. The number of nitrogens with zero attached hydrogens (tertiary/aromatic N) is 3. The first-order chi connectivity index (χ1) is 14.3. The van der Waals surface area contributed by atoms with Gasteiger partial charge in [-0.05, 0) is 43.5 Å². The molecule has 3 rings (SSSR count). The number of nitrogens with one attached hydrogen (secondary N) is 1. The van der Waals surface area contributed by atoms with Crippen LogP contribution in [0.3, 0.4) is 0 Å². The Balaban J connectivity index is 1.60. The van der Waals surface area contributed by atoms with E-state index < -0.39 is 23.7 Å². The number of azo groups is 1. The minimum Gasteiger partial charge on any atom is -0.339 e. The molecule has 0 saturated carbocycles. The Labute approximate surface area is 179 Å². The van der Waals surface area contributed by atoms with Gasteiger partial charge in [0.1, 0.15) is 11.6 Å². The Kier molecular flexibility index (Phi) is 6.97. The van der Waals surface area contributed by atoms with Crippen LogP contribution in [-0.2, 0) is 20.8 Å². The van der Waals surface area contributed by atoms with E-state index in [1.54, 1.807) is 6.92 Å². The van der Waals surface area contributed by atoms with Crippen molar-refractivity contribution in [3.8, 4) is 0 Å². The van der Waals surface area contributed by atoms with E-state index in [4.69, 9.17) is 11.6 Å². The zero-order valence-corrected chi connectivity index (χ0v) is 17.7. The molecule has 7 nitrogen and oxygen atoms in total. The summed E-state index contributed by atoms with van der Waals surface area (Å²) in [6, 6.07) is 3.41. The number of carbonyl (C=O) groups excluding carboxylic acids is 3. The van der Waals surface area contributed by atoms with Gasteiger partial charge in [0.2, 0.25) is 0 Å². The molecule has 1 aromatic rings. The molecule has 2 aliphatic heterocycles. The summed E-state index contributed by atoms with van der Waals surface area (Å²) in [4.78, 5) is 39.4. The van der Waals surface area contributed by atoms with E-state index in [-0.39, 0.29) is 29.2 Å². The highest BCUT2D eigenvalue weighted by Gasteiger charge is 2.40. The molecule has 2 aliphatic rings. The second-order valence-electron chi connectivity index (χ2n) is 7.51. The van der Waals surface area contributed by atoms with Gasteiger partial charge < -0.3 is 10.2 Å². The summed E-state index contributed by atoms with van der Waals surface area (Å²) in [5, 5.41) is 10.5. The maximum absolute atomic E-state index is 13.3. The summed E-state index contributed by atoms with van der Waals surface area (Å²) in [5.41, 5.74) is 1.27. The molecule has 2 amide bonds. The summed E-state index contributed by atoms with van der Waals surface area (Å²) in [7, 11) is 0. The number of likely N-dealkylation sites (tertiary alicyclic amines) is 1. The van der Waals surface area contributed by atoms with Crippen LogP contribution in [0.1, 0.15) is 32.3 Å². The lowest BCUT2D eigenvalue weighted by Crippen LogP contribution is -2.48. The highest BCUT2D eigenvalue weighted by atomic mass is 35.5. The predicted molar refractivity (Wildman–Crippen MR) is 109 cm³/mol. The van der Waals surface area contributed by atoms with Crippen molar-refractivity contribution in [2.75, 3.05) is 13.1 Å².